The third-order valence-corrected chi connectivity index (χ3v) is 6.45. The molecule has 0 N–H and O–H groups in total. The minimum Gasteiger partial charge on any atom is -0.489 e. The van der Waals surface area contributed by atoms with Gasteiger partial charge in [0.2, 0.25) is 11.9 Å². The molecule has 2 saturated heterocycles. The summed E-state index contributed by atoms with van der Waals surface area (Å²) in [5, 5.41) is 0.308. The zero-order chi connectivity index (χ0) is 28.7. The predicted molar refractivity (Wildman–Crippen MR) is 133 cm³/mol. The Kier molecular flexibility index (Phi) is 10.5. The molecule has 216 valence electrons. The molecule has 3 rings (SSSR count). The van der Waals surface area contributed by atoms with Crippen molar-refractivity contribution in [2.45, 2.75) is 76.8 Å². The van der Waals surface area contributed by atoms with Crippen LogP contribution in [0.4, 0.5) is 0 Å². The molecular formula is C26H33ClO12. The second-order valence-corrected chi connectivity index (χ2v) is 9.49. The number of esters is 4. The van der Waals surface area contributed by atoms with E-state index in [2.05, 4.69) is 0 Å². The summed E-state index contributed by atoms with van der Waals surface area (Å²) in [6.07, 6.45) is -4.26. The van der Waals surface area contributed by atoms with E-state index in [1.807, 2.05) is 0 Å². The highest BCUT2D eigenvalue weighted by Gasteiger charge is 2.61. The molecule has 2 heterocycles. The van der Waals surface area contributed by atoms with Crippen molar-refractivity contribution < 1.29 is 57.1 Å². The maximum absolute atomic E-state index is 12.3. The van der Waals surface area contributed by atoms with Crippen LogP contribution < -0.4 is 4.74 Å². The smallest absolute Gasteiger partial charge is 0.303 e. The van der Waals surface area contributed by atoms with Crippen LogP contribution in [0.2, 0.25) is 5.02 Å². The number of carbonyl (C=O) groups is 4. The Morgan fingerprint density at radius 1 is 0.923 bits per heavy atom. The van der Waals surface area contributed by atoms with Crippen molar-refractivity contribution in [3.05, 3.63) is 28.8 Å². The summed E-state index contributed by atoms with van der Waals surface area (Å²) in [6, 6.07) is 4.69. The first-order chi connectivity index (χ1) is 18.5. The van der Waals surface area contributed by atoms with Crippen molar-refractivity contribution in [2.24, 2.45) is 0 Å². The van der Waals surface area contributed by atoms with Crippen molar-refractivity contribution in [3.8, 4) is 5.75 Å². The highest BCUT2D eigenvalue weighted by atomic mass is 35.5. The van der Waals surface area contributed by atoms with Gasteiger partial charge in [-0.3, -0.25) is 19.2 Å². The first kappa shape index (κ1) is 30.6. The van der Waals surface area contributed by atoms with Gasteiger partial charge < -0.3 is 37.9 Å². The zero-order valence-corrected chi connectivity index (χ0v) is 23.2. The van der Waals surface area contributed by atoms with E-state index in [-0.39, 0.29) is 11.7 Å². The van der Waals surface area contributed by atoms with Crippen LogP contribution in [0.5, 0.6) is 5.75 Å². The van der Waals surface area contributed by atoms with Crippen molar-refractivity contribution in [1.29, 1.82) is 0 Å². The number of hydrogen-bond acceptors (Lipinski definition) is 12. The number of carbonyl (C=O) groups excluding carboxylic acids is 4. The average molecular weight is 573 g/mol. The van der Waals surface area contributed by atoms with E-state index >= 15 is 0 Å². The van der Waals surface area contributed by atoms with Gasteiger partial charge in [-0.15, -0.1) is 0 Å². The molecule has 0 radical (unpaired) electrons. The Balaban J connectivity index is 2.15. The molecular weight excluding hydrogens is 540 g/mol. The molecule has 0 aliphatic carbocycles. The van der Waals surface area contributed by atoms with Crippen LogP contribution >= 0.6 is 11.6 Å². The quantitative estimate of drug-likeness (QED) is 0.317. The van der Waals surface area contributed by atoms with Gasteiger partial charge in [0.25, 0.3) is 0 Å². The number of hydrogen-bond donors (Lipinski definition) is 0. The summed E-state index contributed by atoms with van der Waals surface area (Å²) in [6.45, 7) is 5.31. The Hall–Kier alpha value is -2.93. The second-order valence-electron chi connectivity index (χ2n) is 9.08. The third-order valence-electron chi connectivity index (χ3n) is 6.14. The standard InChI is InChI=1S/C26H33ClO12/c1-14(28)34-13-22-23(35-15(2)29)24(36-16(3)30)25(37-17(4)31)26(32-5,39-22)18-6-7-20(27)21(12-18)38-19-8-10-33-11-9-19/h6-7,12,19,22-25H,8-11,13H2,1-5H3/t22-,23-,24+,25-,26+/m1/s1. The SMILES string of the molecule is CO[C@@]1(c2ccc(Cl)c(OC3CCOCC3)c2)O[C@H](COC(C)=O)[C@@H](OC(C)=O)[C@H](OC(C)=O)[C@H]1OC(C)=O. The second kappa shape index (κ2) is 13.4. The minimum atomic E-state index is -1.94. The van der Waals surface area contributed by atoms with Gasteiger partial charge >= 0.3 is 23.9 Å². The van der Waals surface area contributed by atoms with Crippen LogP contribution in [0.15, 0.2) is 18.2 Å². The van der Waals surface area contributed by atoms with Gasteiger partial charge in [-0.05, 0) is 12.1 Å². The molecule has 13 heteroatoms. The molecule has 0 bridgehead atoms. The summed E-state index contributed by atoms with van der Waals surface area (Å²) in [4.78, 5) is 48.1. The fourth-order valence-electron chi connectivity index (χ4n) is 4.56. The van der Waals surface area contributed by atoms with Crippen LogP contribution in [-0.2, 0) is 58.1 Å². The lowest BCUT2D eigenvalue weighted by Gasteiger charge is -2.50. The molecule has 12 nitrogen and oxygen atoms in total. The Bertz CT molecular complexity index is 1060. The van der Waals surface area contributed by atoms with E-state index < -0.39 is 60.7 Å². The third kappa shape index (κ3) is 7.59. The van der Waals surface area contributed by atoms with Crippen molar-refractivity contribution in [1.82, 2.24) is 0 Å². The van der Waals surface area contributed by atoms with Gasteiger partial charge in [-0.25, -0.2) is 0 Å². The van der Waals surface area contributed by atoms with Gasteiger partial charge in [0, 0.05) is 53.2 Å². The lowest BCUT2D eigenvalue weighted by molar-refractivity contribution is -0.367. The molecule has 0 amide bonds. The Morgan fingerprint density at radius 2 is 1.54 bits per heavy atom. The fourth-order valence-corrected chi connectivity index (χ4v) is 4.73. The van der Waals surface area contributed by atoms with Gasteiger partial charge in [-0.1, -0.05) is 17.7 Å². The molecule has 0 saturated carbocycles. The number of methoxy groups -OCH3 is 1. The van der Waals surface area contributed by atoms with E-state index in [1.54, 1.807) is 18.2 Å². The molecule has 0 unspecified atom stereocenters. The van der Waals surface area contributed by atoms with Gasteiger partial charge in [-0.2, -0.15) is 0 Å². The van der Waals surface area contributed by atoms with E-state index in [0.717, 1.165) is 20.8 Å². The summed E-state index contributed by atoms with van der Waals surface area (Å²) < 4.78 is 45.5. The normalized spacial score (nSPS) is 27.2. The topological polar surface area (TPSA) is 142 Å². The van der Waals surface area contributed by atoms with Gasteiger partial charge in [0.05, 0.1) is 18.2 Å². The Labute approximate surface area is 231 Å². The molecule has 39 heavy (non-hydrogen) atoms. The monoisotopic (exact) mass is 572 g/mol. The van der Waals surface area contributed by atoms with Crippen LogP contribution in [0.3, 0.4) is 0 Å². The van der Waals surface area contributed by atoms with E-state index in [4.69, 9.17) is 49.5 Å². The molecule has 2 fully saturated rings. The fraction of sp³-hybridized carbons (Fsp3) is 0.615. The average Bonchev–Trinajstić information content (AvgIpc) is 2.86. The summed E-state index contributed by atoms with van der Waals surface area (Å²) in [5.74, 6) is -4.51. The van der Waals surface area contributed by atoms with Gasteiger partial charge in [0.1, 0.15) is 24.6 Å². The molecule has 2 aliphatic rings. The largest absolute Gasteiger partial charge is 0.489 e. The lowest BCUT2D eigenvalue weighted by Crippen LogP contribution is -2.67. The van der Waals surface area contributed by atoms with Crippen LogP contribution in [-0.4, -0.2) is 81.3 Å². The van der Waals surface area contributed by atoms with Crippen molar-refractivity contribution in [2.75, 3.05) is 26.9 Å². The van der Waals surface area contributed by atoms with Crippen molar-refractivity contribution in [3.63, 3.8) is 0 Å². The first-order valence-corrected chi connectivity index (χ1v) is 12.8. The number of ether oxygens (including phenoxy) is 8. The van der Waals surface area contributed by atoms with Crippen LogP contribution in [0, 0.1) is 0 Å². The highest BCUT2D eigenvalue weighted by molar-refractivity contribution is 6.32. The van der Waals surface area contributed by atoms with E-state index in [9.17, 15) is 19.2 Å². The number of halogens is 1. The molecule has 0 spiro atoms. The minimum absolute atomic E-state index is 0.152. The zero-order valence-electron chi connectivity index (χ0n) is 22.4. The molecule has 1 aromatic carbocycles. The predicted octanol–water partition coefficient (Wildman–Crippen LogP) is 2.45. The Morgan fingerprint density at radius 3 is 2.10 bits per heavy atom. The van der Waals surface area contributed by atoms with Crippen molar-refractivity contribution >= 4 is 35.5 Å². The first-order valence-electron chi connectivity index (χ1n) is 12.4. The molecule has 0 aromatic heterocycles. The number of benzene rings is 1. The molecule has 1 aromatic rings. The highest BCUT2D eigenvalue weighted by Crippen LogP contribution is 2.45. The van der Waals surface area contributed by atoms with Crippen LogP contribution in [0.25, 0.3) is 0 Å². The summed E-state index contributed by atoms with van der Waals surface area (Å²) in [7, 11) is 1.30. The van der Waals surface area contributed by atoms with E-state index in [1.165, 1.54) is 14.0 Å². The van der Waals surface area contributed by atoms with E-state index in [0.29, 0.717) is 36.8 Å². The maximum atomic E-state index is 12.3. The summed E-state index contributed by atoms with van der Waals surface area (Å²) >= 11 is 6.45. The maximum Gasteiger partial charge on any atom is 0.303 e. The lowest BCUT2D eigenvalue weighted by atomic mass is 9.87. The summed E-state index contributed by atoms with van der Waals surface area (Å²) in [5.41, 5.74) is 0.286. The van der Waals surface area contributed by atoms with Crippen LogP contribution in [0.1, 0.15) is 46.1 Å². The molecule has 5 atom stereocenters. The van der Waals surface area contributed by atoms with Gasteiger partial charge in [0.15, 0.2) is 12.2 Å². The molecule has 2 aliphatic heterocycles. The number of rotatable bonds is 9.